The molecule has 2 aromatic carbocycles. The van der Waals surface area contributed by atoms with E-state index < -0.39 is 10.0 Å². The van der Waals surface area contributed by atoms with Crippen molar-refractivity contribution in [2.45, 2.75) is 31.6 Å². The largest absolute Gasteiger partial charge is 0.496 e. The Balaban J connectivity index is 1.97. The predicted molar refractivity (Wildman–Crippen MR) is 121 cm³/mol. The number of nitrogens with zero attached hydrogens (tertiary/aromatic N) is 2. The zero-order valence-corrected chi connectivity index (χ0v) is 19.9. The quantitative estimate of drug-likeness (QED) is 0.602. The monoisotopic (exact) mass is 494 g/mol. The molecule has 0 spiro atoms. The molecule has 1 atom stereocenters. The normalized spacial score (nSPS) is 16.9. The van der Waals surface area contributed by atoms with Crippen molar-refractivity contribution in [1.29, 1.82) is 0 Å². The van der Waals surface area contributed by atoms with Crippen molar-refractivity contribution >= 4 is 37.5 Å². The Morgan fingerprint density at radius 1 is 1.23 bits per heavy atom. The zero-order chi connectivity index (χ0) is 21.9. The number of ether oxygens (including phenoxy) is 1. The fourth-order valence-electron chi connectivity index (χ4n) is 3.60. The van der Waals surface area contributed by atoms with Gasteiger partial charge in [0.1, 0.15) is 12.3 Å². The van der Waals surface area contributed by atoms with Crippen LogP contribution in [0.2, 0.25) is 0 Å². The summed E-state index contributed by atoms with van der Waals surface area (Å²) >= 11 is 3.35. The highest BCUT2D eigenvalue weighted by Gasteiger charge is 2.30. The lowest BCUT2D eigenvalue weighted by Gasteiger charge is -2.33. The minimum atomic E-state index is -3.96. The summed E-state index contributed by atoms with van der Waals surface area (Å²) < 4.78 is 34.0. The Hall–Kier alpha value is -2.06. The average Bonchev–Trinajstić information content (AvgIpc) is 2.72. The number of aryl methyl sites for hydroxylation is 1. The number of rotatable bonds is 6. The van der Waals surface area contributed by atoms with Gasteiger partial charge in [-0.15, -0.1) is 0 Å². The number of anilines is 1. The molecule has 0 aromatic heterocycles. The van der Waals surface area contributed by atoms with Crippen molar-refractivity contribution in [1.82, 2.24) is 4.90 Å². The Bertz CT molecular complexity index is 1010. The maximum absolute atomic E-state index is 13.5. The van der Waals surface area contributed by atoms with E-state index in [1.165, 1.54) is 23.5 Å². The second kappa shape index (κ2) is 9.39. The molecule has 162 valence electrons. The van der Waals surface area contributed by atoms with Gasteiger partial charge in [0.05, 0.1) is 22.2 Å². The minimum absolute atomic E-state index is 0.0931. The summed E-state index contributed by atoms with van der Waals surface area (Å²) in [6, 6.07) is 11.7. The van der Waals surface area contributed by atoms with E-state index in [0.29, 0.717) is 34.9 Å². The summed E-state index contributed by atoms with van der Waals surface area (Å²) in [5.41, 5.74) is 1.48. The molecule has 1 amide bonds. The van der Waals surface area contributed by atoms with Gasteiger partial charge in [0.15, 0.2) is 0 Å². The van der Waals surface area contributed by atoms with Gasteiger partial charge in [-0.1, -0.05) is 24.6 Å². The Kier molecular flexibility index (Phi) is 7.08. The molecule has 1 aliphatic rings. The molecule has 1 heterocycles. The molecule has 30 heavy (non-hydrogen) atoms. The number of sulfonamides is 1. The van der Waals surface area contributed by atoms with Crippen LogP contribution >= 0.6 is 15.9 Å². The minimum Gasteiger partial charge on any atom is -0.496 e. The molecule has 1 aliphatic heterocycles. The molecule has 0 aliphatic carbocycles. The highest BCUT2D eigenvalue weighted by atomic mass is 79.9. The smallest absolute Gasteiger partial charge is 0.264 e. The van der Waals surface area contributed by atoms with Crippen LogP contribution in [0.25, 0.3) is 0 Å². The van der Waals surface area contributed by atoms with E-state index in [-0.39, 0.29) is 17.3 Å². The Labute approximate surface area is 187 Å². The summed E-state index contributed by atoms with van der Waals surface area (Å²) in [6.45, 7) is 5.14. The van der Waals surface area contributed by atoms with Gasteiger partial charge in [0.2, 0.25) is 5.91 Å². The molecular formula is C22H27BrN2O4S. The summed E-state index contributed by atoms with van der Waals surface area (Å²) in [5.74, 6) is 0.775. The van der Waals surface area contributed by atoms with Gasteiger partial charge in [0.25, 0.3) is 10.0 Å². The average molecular weight is 495 g/mol. The molecular weight excluding hydrogens is 468 g/mol. The van der Waals surface area contributed by atoms with Gasteiger partial charge in [-0.2, -0.15) is 0 Å². The topological polar surface area (TPSA) is 66.9 Å². The summed E-state index contributed by atoms with van der Waals surface area (Å²) in [5, 5.41) is 0. The first kappa shape index (κ1) is 22.6. The van der Waals surface area contributed by atoms with Gasteiger partial charge in [0, 0.05) is 13.1 Å². The van der Waals surface area contributed by atoms with Gasteiger partial charge >= 0.3 is 0 Å². The molecule has 6 nitrogen and oxygen atoms in total. The lowest BCUT2D eigenvalue weighted by Crippen LogP contribution is -2.46. The lowest BCUT2D eigenvalue weighted by atomic mass is 10.0. The summed E-state index contributed by atoms with van der Waals surface area (Å²) in [6.07, 6.45) is 2.03. The highest BCUT2D eigenvalue weighted by Crippen LogP contribution is 2.31. The van der Waals surface area contributed by atoms with Crippen molar-refractivity contribution < 1.29 is 17.9 Å². The molecule has 1 saturated heterocycles. The van der Waals surface area contributed by atoms with E-state index in [1.807, 2.05) is 19.1 Å². The first-order valence-electron chi connectivity index (χ1n) is 9.93. The van der Waals surface area contributed by atoms with E-state index in [9.17, 15) is 13.2 Å². The number of methoxy groups -OCH3 is 1. The maximum atomic E-state index is 13.5. The molecule has 8 heteroatoms. The predicted octanol–water partition coefficient (Wildman–Crippen LogP) is 4.22. The third kappa shape index (κ3) is 4.98. The van der Waals surface area contributed by atoms with Gasteiger partial charge in [-0.3, -0.25) is 9.10 Å². The maximum Gasteiger partial charge on any atom is 0.264 e. The van der Waals surface area contributed by atoms with E-state index in [0.717, 1.165) is 18.4 Å². The van der Waals surface area contributed by atoms with Crippen LogP contribution in [0, 0.1) is 12.8 Å². The number of carbonyl (C=O) groups is 1. The van der Waals surface area contributed by atoms with Crippen LogP contribution in [0.5, 0.6) is 5.75 Å². The third-order valence-electron chi connectivity index (χ3n) is 5.32. The van der Waals surface area contributed by atoms with Crippen LogP contribution in [-0.2, 0) is 14.8 Å². The number of hydrogen-bond acceptors (Lipinski definition) is 4. The van der Waals surface area contributed by atoms with Gasteiger partial charge in [-0.05, 0) is 71.9 Å². The van der Waals surface area contributed by atoms with Crippen molar-refractivity contribution in [3.05, 3.63) is 52.5 Å². The van der Waals surface area contributed by atoms with Crippen molar-refractivity contribution in [3.63, 3.8) is 0 Å². The number of carbonyl (C=O) groups excluding carboxylic acids is 1. The van der Waals surface area contributed by atoms with E-state index >= 15 is 0 Å². The van der Waals surface area contributed by atoms with E-state index in [4.69, 9.17) is 4.74 Å². The van der Waals surface area contributed by atoms with Gasteiger partial charge < -0.3 is 9.64 Å². The number of piperidine rings is 1. The van der Waals surface area contributed by atoms with Gasteiger partial charge in [-0.25, -0.2) is 8.42 Å². The standard InChI is InChI=1S/C22H27BrN2O4S/c1-16-6-8-18(9-7-16)25(15-22(26)24-12-4-5-17(2)14-24)30(27,28)19-10-11-21(29-3)20(23)13-19/h6-11,13,17H,4-5,12,14-15H2,1-3H3/t17-/m1/s1. The second-order valence-corrected chi connectivity index (χ2v) is 10.4. The Morgan fingerprint density at radius 3 is 2.53 bits per heavy atom. The number of halogens is 1. The number of benzene rings is 2. The first-order valence-corrected chi connectivity index (χ1v) is 12.2. The molecule has 2 aromatic rings. The molecule has 0 bridgehead atoms. The number of amides is 1. The SMILES string of the molecule is COc1ccc(S(=O)(=O)N(CC(=O)N2CCC[C@@H](C)C2)c2ccc(C)cc2)cc1Br. The molecule has 0 saturated carbocycles. The van der Waals surface area contributed by atoms with Crippen LogP contribution < -0.4 is 9.04 Å². The second-order valence-electron chi connectivity index (χ2n) is 7.73. The third-order valence-corrected chi connectivity index (χ3v) is 7.71. The van der Waals surface area contributed by atoms with Crippen molar-refractivity contribution in [3.8, 4) is 5.75 Å². The highest BCUT2D eigenvalue weighted by molar-refractivity contribution is 9.10. The molecule has 0 unspecified atom stereocenters. The first-order chi connectivity index (χ1) is 14.2. The van der Waals surface area contributed by atoms with Crippen LogP contribution in [0.3, 0.4) is 0 Å². The summed E-state index contributed by atoms with van der Waals surface area (Å²) in [7, 11) is -2.44. The van der Waals surface area contributed by atoms with Crippen LogP contribution in [0.15, 0.2) is 51.8 Å². The van der Waals surface area contributed by atoms with Crippen molar-refractivity contribution in [2.24, 2.45) is 5.92 Å². The Morgan fingerprint density at radius 2 is 1.93 bits per heavy atom. The lowest BCUT2D eigenvalue weighted by molar-refractivity contribution is -0.131. The van der Waals surface area contributed by atoms with Crippen LogP contribution in [0.4, 0.5) is 5.69 Å². The van der Waals surface area contributed by atoms with Crippen molar-refractivity contribution in [2.75, 3.05) is 31.0 Å². The number of hydrogen-bond donors (Lipinski definition) is 0. The molecule has 3 rings (SSSR count). The summed E-state index contributed by atoms with van der Waals surface area (Å²) in [4.78, 5) is 14.9. The fourth-order valence-corrected chi connectivity index (χ4v) is 5.73. The van der Waals surface area contributed by atoms with E-state index in [1.54, 1.807) is 23.1 Å². The molecule has 1 fully saturated rings. The van der Waals surface area contributed by atoms with Crippen LogP contribution in [-0.4, -0.2) is 46.0 Å². The molecule has 0 radical (unpaired) electrons. The van der Waals surface area contributed by atoms with E-state index in [2.05, 4.69) is 22.9 Å². The molecule has 0 N–H and O–H groups in total. The van der Waals surface area contributed by atoms with Crippen LogP contribution in [0.1, 0.15) is 25.3 Å². The zero-order valence-electron chi connectivity index (χ0n) is 17.5. The fraction of sp³-hybridized carbons (Fsp3) is 0.409. The number of likely N-dealkylation sites (tertiary alicyclic amines) is 1.